The number of thiazole rings is 1. The molecule has 0 aliphatic rings. The van der Waals surface area contributed by atoms with Crippen molar-refractivity contribution in [2.24, 2.45) is 0 Å². The number of aromatic nitrogens is 1. The number of rotatable bonds is 5. The summed E-state index contributed by atoms with van der Waals surface area (Å²) in [6.07, 6.45) is 0.475. The van der Waals surface area contributed by atoms with Gasteiger partial charge in [0.1, 0.15) is 5.01 Å². The van der Waals surface area contributed by atoms with Crippen LogP contribution < -0.4 is 0 Å². The molecule has 1 heterocycles. The van der Waals surface area contributed by atoms with Gasteiger partial charge in [0.15, 0.2) is 0 Å². The van der Waals surface area contributed by atoms with Crippen molar-refractivity contribution < 1.29 is 0 Å². The molecule has 0 atom stereocenters. The third kappa shape index (κ3) is 3.79. The van der Waals surface area contributed by atoms with Crippen molar-refractivity contribution in [3.63, 3.8) is 0 Å². The third-order valence-corrected chi connectivity index (χ3v) is 3.99. The zero-order chi connectivity index (χ0) is 13.8. The lowest BCUT2D eigenvalue weighted by Crippen LogP contribution is -2.22. The van der Waals surface area contributed by atoms with Crippen LogP contribution in [0.4, 0.5) is 0 Å². The monoisotopic (exact) mass is 265 g/mol. The fourth-order valence-electron chi connectivity index (χ4n) is 1.88. The van der Waals surface area contributed by atoms with Gasteiger partial charge in [0, 0.05) is 10.3 Å². The van der Waals surface area contributed by atoms with Crippen molar-refractivity contribution >= 4 is 11.3 Å². The van der Waals surface area contributed by atoms with E-state index in [0.29, 0.717) is 6.42 Å². The number of nitrogens with zero attached hydrogens (tertiary/aromatic N) is 3. The first-order valence-electron chi connectivity index (χ1n) is 6.50. The van der Waals surface area contributed by atoms with Gasteiger partial charge in [-0.05, 0) is 13.1 Å². The van der Waals surface area contributed by atoms with Crippen LogP contribution in [0.15, 0.2) is 0 Å². The molecule has 100 valence electrons. The average Bonchev–Trinajstić information content (AvgIpc) is 2.69. The van der Waals surface area contributed by atoms with Gasteiger partial charge in [-0.1, -0.05) is 34.6 Å². The quantitative estimate of drug-likeness (QED) is 0.819. The van der Waals surface area contributed by atoms with Gasteiger partial charge in [-0.15, -0.1) is 11.3 Å². The molecule has 0 amide bonds. The summed E-state index contributed by atoms with van der Waals surface area (Å²) in [4.78, 5) is 8.24. The smallest absolute Gasteiger partial charge is 0.107 e. The largest absolute Gasteiger partial charge is 0.297 e. The first kappa shape index (κ1) is 15.1. The second kappa shape index (κ2) is 6.31. The molecule has 18 heavy (non-hydrogen) atoms. The summed E-state index contributed by atoms with van der Waals surface area (Å²) in [5.74, 6) is 0. The molecule has 0 saturated heterocycles. The molecule has 1 rings (SSSR count). The Hall–Kier alpha value is -0.920. The molecule has 1 aromatic heterocycles. The topological polar surface area (TPSA) is 39.9 Å². The molecule has 0 bridgehead atoms. The van der Waals surface area contributed by atoms with Crippen LogP contribution in [-0.2, 0) is 18.4 Å². The summed E-state index contributed by atoms with van der Waals surface area (Å²) in [6, 6.07) is 2.25. The van der Waals surface area contributed by atoms with Crippen molar-refractivity contribution in [3.05, 3.63) is 15.6 Å². The van der Waals surface area contributed by atoms with Crippen molar-refractivity contribution in [1.82, 2.24) is 9.88 Å². The number of hydrogen-bond donors (Lipinski definition) is 0. The Labute approximate surface area is 114 Å². The maximum atomic E-state index is 8.91. The van der Waals surface area contributed by atoms with E-state index in [-0.39, 0.29) is 5.41 Å². The Morgan fingerprint density at radius 3 is 2.33 bits per heavy atom. The van der Waals surface area contributed by atoms with Crippen LogP contribution in [0.3, 0.4) is 0 Å². The van der Waals surface area contributed by atoms with Crippen LogP contribution >= 0.6 is 11.3 Å². The van der Waals surface area contributed by atoms with Crippen LogP contribution in [0.5, 0.6) is 0 Å². The van der Waals surface area contributed by atoms with E-state index in [0.717, 1.165) is 35.2 Å². The van der Waals surface area contributed by atoms with Gasteiger partial charge in [-0.2, -0.15) is 5.26 Å². The summed E-state index contributed by atoms with van der Waals surface area (Å²) < 4.78 is 0. The van der Waals surface area contributed by atoms with E-state index < -0.39 is 0 Å². The lowest BCUT2D eigenvalue weighted by Gasteiger charge is -2.17. The zero-order valence-electron chi connectivity index (χ0n) is 12.1. The molecule has 0 radical (unpaired) electrons. The molecule has 0 unspecified atom stereocenters. The highest BCUT2D eigenvalue weighted by Crippen LogP contribution is 2.30. The fraction of sp³-hybridized carbons (Fsp3) is 0.714. The van der Waals surface area contributed by atoms with Crippen LogP contribution in [0.1, 0.15) is 50.2 Å². The van der Waals surface area contributed by atoms with E-state index >= 15 is 0 Å². The molecule has 4 heteroatoms. The van der Waals surface area contributed by atoms with Crippen molar-refractivity contribution in [2.75, 3.05) is 13.1 Å². The van der Waals surface area contributed by atoms with Crippen molar-refractivity contribution in [2.45, 2.75) is 53.0 Å². The highest BCUT2D eigenvalue weighted by atomic mass is 32.1. The molecule has 0 fully saturated rings. The zero-order valence-corrected chi connectivity index (χ0v) is 12.9. The number of hydrogen-bond acceptors (Lipinski definition) is 4. The minimum Gasteiger partial charge on any atom is -0.297 e. The standard InChI is InChI=1S/C14H23N3S/c1-6-17(7-2)10-12-16-13(14(3,4)5)11(18-12)8-9-15/h6-8,10H2,1-5H3. The number of nitriles is 1. The second-order valence-corrected chi connectivity index (χ2v) is 6.59. The SMILES string of the molecule is CCN(CC)Cc1nc(C(C)(C)C)c(CC#N)s1. The van der Waals surface area contributed by atoms with E-state index in [1.165, 1.54) is 0 Å². The van der Waals surface area contributed by atoms with Crippen LogP contribution in [0.25, 0.3) is 0 Å². The first-order valence-corrected chi connectivity index (χ1v) is 7.32. The van der Waals surface area contributed by atoms with Gasteiger partial charge in [0.2, 0.25) is 0 Å². The Bertz CT molecular complexity index is 419. The molecule has 0 aliphatic heterocycles. The van der Waals surface area contributed by atoms with Gasteiger partial charge in [-0.25, -0.2) is 4.98 Å². The van der Waals surface area contributed by atoms with E-state index in [4.69, 9.17) is 10.2 Å². The molecule has 3 nitrogen and oxygen atoms in total. The molecule has 1 aromatic rings. The average molecular weight is 265 g/mol. The van der Waals surface area contributed by atoms with Gasteiger partial charge in [0.05, 0.1) is 24.7 Å². The van der Waals surface area contributed by atoms with Crippen LogP contribution in [-0.4, -0.2) is 23.0 Å². The van der Waals surface area contributed by atoms with E-state index in [1.54, 1.807) is 11.3 Å². The van der Waals surface area contributed by atoms with Gasteiger partial charge in [-0.3, -0.25) is 4.90 Å². The minimum atomic E-state index is 0.0180. The summed E-state index contributed by atoms with van der Waals surface area (Å²) in [7, 11) is 0. The van der Waals surface area contributed by atoms with Crippen LogP contribution in [0, 0.1) is 11.3 Å². The molecule has 0 aliphatic carbocycles. The minimum absolute atomic E-state index is 0.0180. The Kier molecular flexibility index (Phi) is 5.30. The van der Waals surface area contributed by atoms with E-state index in [2.05, 4.69) is 45.6 Å². The summed E-state index contributed by atoms with van der Waals surface area (Å²) in [5.41, 5.74) is 1.11. The summed E-state index contributed by atoms with van der Waals surface area (Å²) in [6.45, 7) is 13.8. The van der Waals surface area contributed by atoms with Gasteiger partial charge >= 0.3 is 0 Å². The Balaban J connectivity index is 2.99. The Morgan fingerprint density at radius 2 is 1.89 bits per heavy atom. The lowest BCUT2D eigenvalue weighted by molar-refractivity contribution is 0.295. The first-order chi connectivity index (χ1) is 8.42. The van der Waals surface area contributed by atoms with Crippen LogP contribution in [0.2, 0.25) is 0 Å². The van der Waals surface area contributed by atoms with E-state index in [1.807, 2.05) is 0 Å². The third-order valence-electron chi connectivity index (χ3n) is 2.94. The van der Waals surface area contributed by atoms with Gasteiger partial charge in [0.25, 0.3) is 0 Å². The summed E-state index contributed by atoms with van der Waals surface area (Å²) in [5, 5.41) is 10.0. The molecule has 0 N–H and O–H groups in total. The molecule has 0 saturated carbocycles. The molecular formula is C14H23N3S. The molecule has 0 aromatic carbocycles. The van der Waals surface area contributed by atoms with Gasteiger partial charge < -0.3 is 0 Å². The maximum Gasteiger partial charge on any atom is 0.107 e. The molecular weight excluding hydrogens is 242 g/mol. The predicted molar refractivity (Wildman–Crippen MR) is 76.8 cm³/mol. The normalized spacial score (nSPS) is 11.8. The lowest BCUT2D eigenvalue weighted by atomic mass is 9.91. The predicted octanol–water partition coefficient (Wildman–Crippen LogP) is 3.35. The molecule has 0 spiro atoms. The fourth-order valence-corrected chi connectivity index (χ4v) is 3.14. The highest BCUT2D eigenvalue weighted by Gasteiger charge is 2.23. The second-order valence-electron chi connectivity index (χ2n) is 5.43. The Morgan fingerprint density at radius 1 is 1.28 bits per heavy atom. The highest BCUT2D eigenvalue weighted by molar-refractivity contribution is 7.11. The van der Waals surface area contributed by atoms with Crippen molar-refractivity contribution in [3.8, 4) is 6.07 Å². The summed E-state index contributed by atoms with van der Waals surface area (Å²) >= 11 is 1.69. The van der Waals surface area contributed by atoms with E-state index in [9.17, 15) is 0 Å². The van der Waals surface area contributed by atoms with Crippen molar-refractivity contribution in [1.29, 1.82) is 5.26 Å². The maximum absolute atomic E-state index is 8.91.